The molecule has 2 aromatic carbocycles. The Kier molecular flexibility index (Phi) is 8.65. The summed E-state index contributed by atoms with van der Waals surface area (Å²) in [6, 6.07) is 14.8. The minimum absolute atomic E-state index is 0.0186. The van der Waals surface area contributed by atoms with Gasteiger partial charge in [0.2, 0.25) is 5.91 Å². The van der Waals surface area contributed by atoms with Gasteiger partial charge >= 0.3 is 12.1 Å². The van der Waals surface area contributed by atoms with Crippen LogP contribution in [0.15, 0.2) is 48.5 Å². The van der Waals surface area contributed by atoms with Gasteiger partial charge in [0.05, 0.1) is 0 Å². The summed E-state index contributed by atoms with van der Waals surface area (Å²) < 4.78 is 5.59. The van der Waals surface area contributed by atoms with Gasteiger partial charge in [-0.15, -0.1) is 0 Å². The zero-order valence-electron chi connectivity index (χ0n) is 19.9. The molecule has 1 aliphatic rings. The van der Waals surface area contributed by atoms with E-state index in [1.54, 1.807) is 19.0 Å². The molecule has 0 bridgehead atoms. The standard InChI is InChI=1S/C26H33N3O5/c1-4-9-17(14-24(30)28-23(25(31)32)15-29(2)3)27-26(33)34-16-22-20-12-7-5-10-18(20)19-11-6-8-13-21(19)22/h5-8,10-13,17,22-23H,4,9,14-16H2,1-3H3,(H,27,33)(H,28,30)(H,31,32)/t17?,23-/m0/s1. The number of hydrogen-bond acceptors (Lipinski definition) is 5. The van der Waals surface area contributed by atoms with Crippen LogP contribution in [0.4, 0.5) is 4.79 Å². The fourth-order valence-corrected chi connectivity index (χ4v) is 4.41. The maximum absolute atomic E-state index is 12.6. The number of nitrogens with zero attached hydrogens (tertiary/aromatic N) is 1. The van der Waals surface area contributed by atoms with E-state index in [0.717, 1.165) is 28.7 Å². The molecule has 2 amide bonds. The fraction of sp³-hybridized carbons (Fsp3) is 0.423. The average molecular weight is 468 g/mol. The molecule has 1 unspecified atom stereocenters. The monoisotopic (exact) mass is 467 g/mol. The van der Waals surface area contributed by atoms with E-state index in [2.05, 4.69) is 34.9 Å². The Balaban J connectivity index is 1.58. The van der Waals surface area contributed by atoms with Gasteiger partial charge in [0.15, 0.2) is 0 Å². The number of carbonyl (C=O) groups is 3. The van der Waals surface area contributed by atoms with Gasteiger partial charge in [0.25, 0.3) is 0 Å². The van der Waals surface area contributed by atoms with Crippen molar-refractivity contribution in [2.75, 3.05) is 27.2 Å². The van der Waals surface area contributed by atoms with Gasteiger partial charge in [-0.25, -0.2) is 9.59 Å². The summed E-state index contributed by atoms with van der Waals surface area (Å²) in [5, 5.41) is 14.7. The van der Waals surface area contributed by atoms with Crippen LogP contribution < -0.4 is 10.6 Å². The highest BCUT2D eigenvalue weighted by molar-refractivity contribution is 5.84. The number of likely N-dealkylation sites (N-methyl/N-ethyl adjacent to an activating group) is 1. The third-order valence-electron chi connectivity index (χ3n) is 5.92. The number of hydrogen-bond donors (Lipinski definition) is 3. The van der Waals surface area contributed by atoms with Crippen molar-refractivity contribution in [1.82, 2.24) is 15.5 Å². The zero-order valence-corrected chi connectivity index (χ0v) is 19.9. The number of aliphatic carboxylic acids is 1. The molecule has 34 heavy (non-hydrogen) atoms. The van der Waals surface area contributed by atoms with E-state index >= 15 is 0 Å². The Hall–Kier alpha value is -3.39. The summed E-state index contributed by atoms with van der Waals surface area (Å²) in [4.78, 5) is 38.2. The molecule has 2 atom stereocenters. The number of alkyl carbamates (subject to hydrolysis) is 1. The highest BCUT2D eigenvalue weighted by atomic mass is 16.5. The van der Waals surface area contributed by atoms with Crippen LogP contribution in [0.1, 0.15) is 43.2 Å². The van der Waals surface area contributed by atoms with E-state index in [1.807, 2.05) is 31.2 Å². The number of ether oxygens (including phenoxy) is 1. The number of carboxylic acid groups (broad SMARTS) is 1. The van der Waals surface area contributed by atoms with E-state index in [9.17, 15) is 19.5 Å². The molecule has 0 saturated heterocycles. The van der Waals surface area contributed by atoms with E-state index in [4.69, 9.17) is 4.74 Å². The molecule has 0 aliphatic heterocycles. The minimum atomic E-state index is -1.10. The molecule has 0 spiro atoms. The molecule has 0 fully saturated rings. The summed E-state index contributed by atoms with van der Waals surface area (Å²) in [7, 11) is 3.47. The van der Waals surface area contributed by atoms with Crippen molar-refractivity contribution in [3.8, 4) is 11.1 Å². The largest absolute Gasteiger partial charge is 0.480 e. The Morgan fingerprint density at radius 2 is 1.59 bits per heavy atom. The lowest BCUT2D eigenvalue weighted by Crippen LogP contribution is -2.48. The smallest absolute Gasteiger partial charge is 0.407 e. The van der Waals surface area contributed by atoms with Crippen molar-refractivity contribution in [2.45, 2.75) is 44.2 Å². The predicted octanol–water partition coefficient (Wildman–Crippen LogP) is 3.21. The zero-order chi connectivity index (χ0) is 24.7. The van der Waals surface area contributed by atoms with Crippen molar-refractivity contribution in [2.24, 2.45) is 0 Å². The summed E-state index contributed by atoms with van der Waals surface area (Å²) in [5.74, 6) is -1.57. The van der Waals surface area contributed by atoms with Gasteiger partial charge in [0, 0.05) is 24.9 Å². The number of carbonyl (C=O) groups excluding carboxylic acids is 2. The molecule has 8 nitrogen and oxygen atoms in total. The third-order valence-corrected chi connectivity index (χ3v) is 5.92. The molecular formula is C26H33N3O5. The molecule has 3 N–H and O–H groups in total. The Morgan fingerprint density at radius 3 is 2.12 bits per heavy atom. The van der Waals surface area contributed by atoms with E-state index in [-0.39, 0.29) is 25.5 Å². The SMILES string of the molecule is CCCC(CC(=O)N[C@@H](CN(C)C)C(=O)O)NC(=O)OCC1c2ccccc2-c2ccccc21. The van der Waals surface area contributed by atoms with E-state index in [1.165, 1.54) is 0 Å². The maximum Gasteiger partial charge on any atom is 0.407 e. The second-order valence-electron chi connectivity index (χ2n) is 8.88. The number of carboxylic acids is 1. The normalized spacial score (nSPS) is 14.1. The van der Waals surface area contributed by atoms with Crippen LogP contribution in [0.25, 0.3) is 11.1 Å². The van der Waals surface area contributed by atoms with Crippen LogP contribution in [0.2, 0.25) is 0 Å². The first-order valence-electron chi connectivity index (χ1n) is 11.6. The van der Waals surface area contributed by atoms with Crippen LogP contribution in [-0.2, 0) is 14.3 Å². The Labute approximate surface area is 200 Å². The van der Waals surface area contributed by atoms with E-state index in [0.29, 0.717) is 6.42 Å². The van der Waals surface area contributed by atoms with Crippen LogP contribution in [-0.4, -0.2) is 67.3 Å². The predicted molar refractivity (Wildman–Crippen MR) is 130 cm³/mol. The summed E-state index contributed by atoms with van der Waals surface area (Å²) >= 11 is 0. The van der Waals surface area contributed by atoms with Gasteiger partial charge in [-0.2, -0.15) is 0 Å². The summed E-state index contributed by atoms with van der Waals surface area (Å²) in [5.41, 5.74) is 4.56. The lowest BCUT2D eigenvalue weighted by atomic mass is 9.98. The maximum atomic E-state index is 12.6. The molecule has 2 aromatic rings. The van der Waals surface area contributed by atoms with Crippen molar-refractivity contribution < 1.29 is 24.2 Å². The second kappa shape index (κ2) is 11.7. The minimum Gasteiger partial charge on any atom is -0.480 e. The fourth-order valence-electron chi connectivity index (χ4n) is 4.41. The van der Waals surface area contributed by atoms with Crippen LogP contribution in [0, 0.1) is 0 Å². The van der Waals surface area contributed by atoms with Crippen molar-refractivity contribution in [1.29, 1.82) is 0 Å². The lowest BCUT2D eigenvalue weighted by Gasteiger charge is -2.22. The third kappa shape index (κ3) is 6.35. The molecule has 3 rings (SSSR count). The van der Waals surface area contributed by atoms with Gasteiger partial charge in [-0.1, -0.05) is 61.9 Å². The number of fused-ring (bicyclic) bond motifs is 3. The lowest BCUT2D eigenvalue weighted by molar-refractivity contribution is -0.142. The molecule has 0 saturated carbocycles. The number of rotatable bonds is 11. The van der Waals surface area contributed by atoms with Crippen molar-refractivity contribution in [3.63, 3.8) is 0 Å². The van der Waals surface area contributed by atoms with Gasteiger partial charge in [-0.3, -0.25) is 4.79 Å². The van der Waals surface area contributed by atoms with Gasteiger partial charge in [0.1, 0.15) is 12.6 Å². The highest BCUT2D eigenvalue weighted by Crippen LogP contribution is 2.44. The average Bonchev–Trinajstić information content (AvgIpc) is 3.11. The quantitative estimate of drug-likeness (QED) is 0.468. The first-order valence-corrected chi connectivity index (χ1v) is 11.6. The van der Waals surface area contributed by atoms with Crippen molar-refractivity contribution in [3.05, 3.63) is 59.7 Å². The molecule has 0 radical (unpaired) electrons. The number of amides is 2. The van der Waals surface area contributed by atoms with Gasteiger partial charge < -0.3 is 25.4 Å². The van der Waals surface area contributed by atoms with Gasteiger partial charge in [-0.05, 0) is 42.8 Å². The summed E-state index contributed by atoms with van der Waals surface area (Å²) in [6.45, 7) is 2.32. The first kappa shape index (κ1) is 25.2. The molecule has 1 aliphatic carbocycles. The molecule has 182 valence electrons. The Morgan fingerprint density at radius 1 is 1.00 bits per heavy atom. The topological polar surface area (TPSA) is 108 Å². The molecule has 8 heteroatoms. The number of nitrogens with one attached hydrogen (secondary N) is 2. The first-order chi connectivity index (χ1) is 16.3. The van der Waals surface area contributed by atoms with Crippen LogP contribution in [0.3, 0.4) is 0 Å². The highest BCUT2D eigenvalue weighted by Gasteiger charge is 2.29. The van der Waals surface area contributed by atoms with Crippen molar-refractivity contribution >= 4 is 18.0 Å². The van der Waals surface area contributed by atoms with Crippen LogP contribution in [0.5, 0.6) is 0 Å². The van der Waals surface area contributed by atoms with Crippen LogP contribution >= 0.6 is 0 Å². The number of benzene rings is 2. The molecular weight excluding hydrogens is 434 g/mol. The Bertz CT molecular complexity index is 978. The molecule has 0 heterocycles. The second-order valence-corrected chi connectivity index (χ2v) is 8.88. The summed E-state index contributed by atoms with van der Waals surface area (Å²) in [6.07, 6.45) is 0.719. The molecule has 0 aromatic heterocycles. The van der Waals surface area contributed by atoms with E-state index < -0.39 is 30.1 Å².